The van der Waals surface area contributed by atoms with Crippen LogP contribution in [0, 0.1) is 0 Å². The van der Waals surface area contributed by atoms with Crippen LogP contribution in [0.1, 0.15) is 10.4 Å². The van der Waals surface area contributed by atoms with Gasteiger partial charge in [0.1, 0.15) is 34.4 Å². The highest BCUT2D eigenvalue weighted by molar-refractivity contribution is 6.06. The smallest absolute Gasteiger partial charge is 0.257 e. The molecule has 2 aromatic heterocycles. The molecule has 152 valence electrons. The van der Waals surface area contributed by atoms with Crippen LogP contribution in [0.5, 0.6) is 17.2 Å². The van der Waals surface area contributed by atoms with Crippen molar-refractivity contribution >= 4 is 17.4 Å². The fourth-order valence-electron chi connectivity index (χ4n) is 3.18. The maximum absolute atomic E-state index is 13.1. The molecule has 4 aromatic rings. The van der Waals surface area contributed by atoms with Crippen LogP contribution in [-0.2, 0) is 0 Å². The Morgan fingerprint density at radius 2 is 1.53 bits per heavy atom. The summed E-state index contributed by atoms with van der Waals surface area (Å²) in [6.07, 6.45) is 1.86. The number of carbonyl (C=O) groups excluding carboxylic acids is 1. The zero-order chi connectivity index (χ0) is 21.1. The van der Waals surface area contributed by atoms with Gasteiger partial charge in [-0.2, -0.15) is 0 Å². The van der Waals surface area contributed by atoms with Crippen molar-refractivity contribution in [1.82, 2.24) is 9.38 Å². The molecule has 0 aliphatic carbocycles. The highest BCUT2D eigenvalue weighted by Crippen LogP contribution is 2.31. The molecule has 2 aromatic carbocycles. The van der Waals surface area contributed by atoms with Crippen LogP contribution in [0.2, 0.25) is 0 Å². The Bertz CT molecular complexity index is 1180. The molecule has 0 spiro atoms. The number of amides is 1. The quantitative estimate of drug-likeness (QED) is 0.520. The van der Waals surface area contributed by atoms with E-state index in [0.29, 0.717) is 28.6 Å². The predicted octanol–water partition coefficient (Wildman–Crippen LogP) is 4.28. The molecule has 4 rings (SSSR count). The van der Waals surface area contributed by atoms with Crippen molar-refractivity contribution in [2.45, 2.75) is 0 Å². The molecule has 0 unspecified atom stereocenters. The fourth-order valence-corrected chi connectivity index (χ4v) is 3.18. The maximum Gasteiger partial charge on any atom is 0.257 e. The average molecular weight is 403 g/mol. The van der Waals surface area contributed by atoms with E-state index in [1.54, 1.807) is 39.5 Å². The first-order chi connectivity index (χ1) is 14.6. The lowest BCUT2D eigenvalue weighted by Crippen LogP contribution is -2.14. The van der Waals surface area contributed by atoms with Crippen LogP contribution in [-0.4, -0.2) is 36.6 Å². The van der Waals surface area contributed by atoms with Crippen LogP contribution in [0.15, 0.2) is 66.9 Å². The van der Waals surface area contributed by atoms with Crippen LogP contribution in [0.25, 0.3) is 16.9 Å². The highest BCUT2D eigenvalue weighted by atomic mass is 16.5. The Hall–Kier alpha value is -4.00. The number of imidazole rings is 1. The average Bonchev–Trinajstić information content (AvgIpc) is 3.17. The third-order valence-corrected chi connectivity index (χ3v) is 4.74. The lowest BCUT2D eigenvalue weighted by Gasteiger charge is -2.11. The summed E-state index contributed by atoms with van der Waals surface area (Å²) >= 11 is 0. The predicted molar refractivity (Wildman–Crippen MR) is 115 cm³/mol. The van der Waals surface area contributed by atoms with Crippen LogP contribution in [0.3, 0.4) is 0 Å². The molecular formula is C23H21N3O4. The SMILES string of the molecule is COc1ccc(-c2nc3ccccn3c2NC(=O)c2cc(OC)cc(OC)c2)cc1. The number of ether oxygens (including phenoxy) is 3. The Morgan fingerprint density at radius 1 is 0.867 bits per heavy atom. The standard InChI is InChI=1S/C23H21N3O4/c1-28-17-9-7-15(8-10-17)21-22(26-11-5-4-6-20(26)24-21)25-23(27)16-12-18(29-2)14-19(13-16)30-3/h4-14H,1-3H3,(H,25,27). The Morgan fingerprint density at radius 3 is 2.17 bits per heavy atom. The molecule has 7 heteroatoms. The van der Waals surface area contributed by atoms with E-state index in [0.717, 1.165) is 17.0 Å². The molecule has 30 heavy (non-hydrogen) atoms. The topological polar surface area (TPSA) is 74.1 Å². The highest BCUT2D eigenvalue weighted by Gasteiger charge is 2.18. The van der Waals surface area contributed by atoms with Gasteiger partial charge in [-0.05, 0) is 48.5 Å². The van der Waals surface area contributed by atoms with Crippen molar-refractivity contribution in [3.63, 3.8) is 0 Å². The largest absolute Gasteiger partial charge is 0.497 e. The third-order valence-electron chi connectivity index (χ3n) is 4.74. The number of nitrogens with one attached hydrogen (secondary N) is 1. The van der Waals surface area contributed by atoms with Gasteiger partial charge in [0, 0.05) is 23.4 Å². The summed E-state index contributed by atoms with van der Waals surface area (Å²) in [5.41, 5.74) is 2.66. The van der Waals surface area contributed by atoms with Gasteiger partial charge in [-0.25, -0.2) is 4.98 Å². The summed E-state index contributed by atoms with van der Waals surface area (Å²) in [5.74, 6) is 2.09. The molecule has 0 atom stereocenters. The van der Waals surface area contributed by atoms with Gasteiger partial charge in [-0.3, -0.25) is 9.20 Å². The lowest BCUT2D eigenvalue weighted by molar-refractivity contribution is 0.102. The van der Waals surface area contributed by atoms with Gasteiger partial charge in [0.15, 0.2) is 0 Å². The van der Waals surface area contributed by atoms with E-state index in [1.807, 2.05) is 53.1 Å². The zero-order valence-corrected chi connectivity index (χ0v) is 16.9. The number of carbonyl (C=O) groups is 1. The van der Waals surface area contributed by atoms with E-state index < -0.39 is 0 Å². The first-order valence-electron chi connectivity index (χ1n) is 9.29. The van der Waals surface area contributed by atoms with E-state index in [-0.39, 0.29) is 5.91 Å². The molecule has 2 heterocycles. The van der Waals surface area contributed by atoms with Gasteiger partial charge in [-0.15, -0.1) is 0 Å². The zero-order valence-electron chi connectivity index (χ0n) is 16.9. The Balaban J connectivity index is 1.77. The molecule has 0 saturated heterocycles. The van der Waals surface area contributed by atoms with Crippen molar-refractivity contribution in [3.8, 4) is 28.5 Å². The van der Waals surface area contributed by atoms with Crippen LogP contribution in [0.4, 0.5) is 5.82 Å². The minimum absolute atomic E-state index is 0.299. The van der Waals surface area contributed by atoms with E-state index in [1.165, 1.54) is 0 Å². The number of rotatable bonds is 6. The van der Waals surface area contributed by atoms with Crippen molar-refractivity contribution in [1.29, 1.82) is 0 Å². The number of aromatic nitrogens is 2. The van der Waals surface area contributed by atoms with Gasteiger partial charge < -0.3 is 19.5 Å². The molecule has 0 bridgehead atoms. The van der Waals surface area contributed by atoms with Gasteiger partial charge >= 0.3 is 0 Å². The first kappa shape index (κ1) is 19.3. The normalized spacial score (nSPS) is 10.6. The number of hydrogen-bond acceptors (Lipinski definition) is 5. The van der Waals surface area contributed by atoms with E-state index in [2.05, 4.69) is 5.32 Å². The molecule has 7 nitrogen and oxygen atoms in total. The molecule has 0 fully saturated rings. The fraction of sp³-hybridized carbons (Fsp3) is 0.130. The summed E-state index contributed by atoms with van der Waals surface area (Å²) in [6, 6.07) is 18.2. The monoisotopic (exact) mass is 403 g/mol. The molecular weight excluding hydrogens is 382 g/mol. The molecule has 0 radical (unpaired) electrons. The van der Waals surface area contributed by atoms with Gasteiger partial charge in [0.2, 0.25) is 0 Å². The van der Waals surface area contributed by atoms with Crippen molar-refractivity contribution in [2.24, 2.45) is 0 Å². The number of benzene rings is 2. The molecule has 0 aliphatic rings. The minimum atomic E-state index is -0.299. The number of pyridine rings is 1. The van der Waals surface area contributed by atoms with E-state index in [9.17, 15) is 4.79 Å². The number of anilines is 1. The molecule has 1 N–H and O–H groups in total. The number of hydrogen-bond donors (Lipinski definition) is 1. The Kier molecular flexibility index (Phi) is 5.26. The summed E-state index contributed by atoms with van der Waals surface area (Å²) in [6.45, 7) is 0. The minimum Gasteiger partial charge on any atom is -0.497 e. The summed E-state index contributed by atoms with van der Waals surface area (Å²) in [7, 11) is 4.71. The second-order valence-corrected chi connectivity index (χ2v) is 6.52. The van der Waals surface area contributed by atoms with Crippen molar-refractivity contribution in [2.75, 3.05) is 26.6 Å². The van der Waals surface area contributed by atoms with Crippen LogP contribution < -0.4 is 19.5 Å². The lowest BCUT2D eigenvalue weighted by atomic mass is 10.1. The number of methoxy groups -OCH3 is 3. The molecule has 0 aliphatic heterocycles. The van der Waals surface area contributed by atoms with Crippen molar-refractivity contribution < 1.29 is 19.0 Å². The second kappa shape index (κ2) is 8.16. The van der Waals surface area contributed by atoms with Gasteiger partial charge in [-0.1, -0.05) is 6.07 Å². The molecule has 1 amide bonds. The summed E-state index contributed by atoms with van der Waals surface area (Å²) in [5, 5.41) is 3.00. The first-order valence-corrected chi connectivity index (χ1v) is 9.29. The van der Waals surface area contributed by atoms with E-state index in [4.69, 9.17) is 19.2 Å². The van der Waals surface area contributed by atoms with Gasteiger partial charge in [0.25, 0.3) is 5.91 Å². The van der Waals surface area contributed by atoms with Gasteiger partial charge in [0.05, 0.1) is 21.3 Å². The molecule has 0 saturated carbocycles. The van der Waals surface area contributed by atoms with E-state index >= 15 is 0 Å². The summed E-state index contributed by atoms with van der Waals surface area (Å²) < 4.78 is 17.6. The third kappa shape index (κ3) is 3.65. The van der Waals surface area contributed by atoms with Crippen LogP contribution >= 0.6 is 0 Å². The summed E-state index contributed by atoms with van der Waals surface area (Å²) in [4.78, 5) is 17.8. The van der Waals surface area contributed by atoms with Crippen molar-refractivity contribution in [3.05, 3.63) is 72.4 Å². The second-order valence-electron chi connectivity index (χ2n) is 6.52. The number of nitrogens with zero attached hydrogens (tertiary/aromatic N) is 2. The number of fused-ring (bicyclic) bond motifs is 1. The Labute approximate surface area is 173 Å². The maximum atomic E-state index is 13.1.